The third-order valence-electron chi connectivity index (χ3n) is 2.09. The fourth-order valence-electron chi connectivity index (χ4n) is 1.11. The summed E-state index contributed by atoms with van der Waals surface area (Å²) < 4.78 is 10.7. The molecule has 1 heterocycles. The molecule has 0 aliphatic carbocycles. The minimum absolute atomic E-state index is 0.00762. The molecule has 4 nitrogen and oxygen atoms in total. The van der Waals surface area contributed by atoms with E-state index in [4.69, 9.17) is 15.2 Å². The van der Waals surface area contributed by atoms with Crippen LogP contribution in [-0.4, -0.2) is 36.8 Å². The van der Waals surface area contributed by atoms with Gasteiger partial charge in [-0.05, 0) is 20.4 Å². The fraction of sp³-hybridized carbons (Fsp3) is 1.00. The van der Waals surface area contributed by atoms with Crippen LogP contribution in [0, 0.1) is 5.92 Å². The average molecular weight is 175 g/mol. The summed E-state index contributed by atoms with van der Waals surface area (Å²) in [5.74, 6) is -0.600. The lowest BCUT2D eigenvalue weighted by atomic mass is 10.1. The smallest absolute Gasteiger partial charge is 0.162 e. The first kappa shape index (κ1) is 9.92. The Morgan fingerprint density at radius 2 is 2.00 bits per heavy atom. The molecule has 72 valence electrons. The second-order valence-corrected chi connectivity index (χ2v) is 3.58. The predicted molar refractivity (Wildman–Crippen MR) is 44.5 cm³/mol. The zero-order valence-corrected chi connectivity index (χ0v) is 7.62. The molecule has 0 saturated carbocycles. The number of nitrogens with two attached hydrogens (primary N) is 1. The van der Waals surface area contributed by atoms with E-state index in [1.807, 2.05) is 13.8 Å². The SMILES string of the molecule is CC1(C)OC[C@@H](CN)[C@H](O)CO1. The van der Waals surface area contributed by atoms with E-state index in [9.17, 15) is 5.11 Å². The lowest BCUT2D eigenvalue weighted by Gasteiger charge is -2.22. The maximum Gasteiger partial charge on any atom is 0.162 e. The molecule has 2 atom stereocenters. The van der Waals surface area contributed by atoms with Gasteiger partial charge in [-0.2, -0.15) is 0 Å². The third kappa shape index (κ3) is 2.42. The molecule has 1 fully saturated rings. The van der Waals surface area contributed by atoms with Crippen molar-refractivity contribution in [2.45, 2.75) is 25.7 Å². The van der Waals surface area contributed by atoms with Gasteiger partial charge in [0.25, 0.3) is 0 Å². The van der Waals surface area contributed by atoms with Crippen LogP contribution in [0.4, 0.5) is 0 Å². The Morgan fingerprint density at radius 3 is 2.58 bits per heavy atom. The number of ether oxygens (including phenoxy) is 2. The standard InChI is InChI=1S/C8H17NO3/c1-8(2)11-4-6(3-9)7(10)5-12-8/h6-7,10H,3-5,9H2,1-2H3/t6-,7-/m1/s1. The second kappa shape index (κ2) is 3.70. The summed E-state index contributed by atoms with van der Waals surface area (Å²) in [6, 6.07) is 0. The summed E-state index contributed by atoms with van der Waals surface area (Å²) in [4.78, 5) is 0. The van der Waals surface area contributed by atoms with Crippen molar-refractivity contribution >= 4 is 0 Å². The van der Waals surface area contributed by atoms with Gasteiger partial charge in [-0.3, -0.25) is 0 Å². The number of rotatable bonds is 1. The molecule has 1 saturated heterocycles. The van der Waals surface area contributed by atoms with Gasteiger partial charge in [0.1, 0.15) is 0 Å². The maximum absolute atomic E-state index is 9.50. The van der Waals surface area contributed by atoms with Gasteiger partial charge < -0.3 is 20.3 Å². The van der Waals surface area contributed by atoms with Crippen LogP contribution in [0.2, 0.25) is 0 Å². The molecule has 1 aliphatic rings. The Hall–Kier alpha value is -0.160. The highest BCUT2D eigenvalue weighted by Gasteiger charge is 2.30. The number of hydrogen-bond donors (Lipinski definition) is 2. The lowest BCUT2D eigenvalue weighted by molar-refractivity contribution is -0.204. The van der Waals surface area contributed by atoms with E-state index < -0.39 is 11.9 Å². The molecule has 0 aromatic rings. The zero-order valence-electron chi connectivity index (χ0n) is 7.62. The van der Waals surface area contributed by atoms with E-state index in [-0.39, 0.29) is 5.92 Å². The van der Waals surface area contributed by atoms with Crippen LogP contribution in [0.3, 0.4) is 0 Å². The van der Waals surface area contributed by atoms with Crippen LogP contribution in [0.1, 0.15) is 13.8 Å². The van der Waals surface area contributed by atoms with Crippen LogP contribution in [0.5, 0.6) is 0 Å². The van der Waals surface area contributed by atoms with E-state index >= 15 is 0 Å². The van der Waals surface area contributed by atoms with Crippen LogP contribution < -0.4 is 5.73 Å². The second-order valence-electron chi connectivity index (χ2n) is 3.58. The van der Waals surface area contributed by atoms with E-state index in [0.29, 0.717) is 19.8 Å². The third-order valence-corrected chi connectivity index (χ3v) is 2.09. The van der Waals surface area contributed by atoms with Gasteiger partial charge in [-0.15, -0.1) is 0 Å². The summed E-state index contributed by atoms with van der Waals surface area (Å²) in [5.41, 5.74) is 5.46. The predicted octanol–water partition coefficient (Wildman–Crippen LogP) is -0.295. The maximum atomic E-state index is 9.50. The number of aliphatic hydroxyl groups excluding tert-OH is 1. The highest BCUT2D eigenvalue weighted by molar-refractivity contribution is 4.74. The summed E-state index contributed by atoms with van der Waals surface area (Å²) in [5, 5.41) is 9.50. The van der Waals surface area contributed by atoms with E-state index in [1.54, 1.807) is 0 Å². The topological polar surface area (TPSA) is 64.7 Å². The number of hydrogen-bond acceptors (Lipinski definition) is 4. The fourth-order valence-corrected chi connectivity index (χ4v) is 1.11. The normalized spacial score (nSPS) is 36.0. The van der Waals surface area contributed by atoms with Crippen molar-refractivity contribution in [2.75, 3.05) is 19.8 Å². The summed E-state index contributed by atoms with van der Waals surface area (Å²) >= 11 is 0. The molecule has 12 heavy (non-hydrogen) atoms. The van der Waals surface area contributed by atoms with Crippen LogP contribution >= 0.6 is 0 Å². The Labute approximate surface area is 72.6 Å². The molecule has 0 spiro atoms. The van der Waals surface area contributed by atoms with Crippen molar-refractivity contribution in [3.63, 3.8) is 0 Å². The largest absolute Gasteiger partial charge is 0.390 e. The van der Waals surface area contributed by atoms with Gasteiger partial charge >= 0.3 is 0 Å². The molecule has 0 aromatic carbocycles. The van der Waals surface area contributed by atoms with Crippen molar-refractivity contribution in [1.82, 2.24) is 0 Å². The van der Waals surface area contributed by atoms with Crippen molar-refractivity contribution in [1.29, 1.82) is 0 Å². The molecule has 1 rings (SSSR count). The summed E-state index contributed by atoms with van der Waals surface area (Å²) in [7, 11) is 0. The van der Waals surface area contributed by atoms with Crippen molar-refractivity contribution in [3.05, 3.63) is 0 Å². The Bertz CT molecular complexity index is 149. The first-order valence-corrected chi connectivity index (χ1v) is 4.21. The molecule has 1 aliphatic heterocycles. The van der Waals surface area contributed by atoms with Gasteiger partial charge in [0.2, 0.25) is 0 Å². The first-order chi connectivity index (χ1) is 5.55. The van der Waals surface area contributed by atoms with Gasteiger partial charge in [0, 0.05) is 5.92 Å². The van der Waals surface area contributed by atoms with Crippen molar-refractivity contribution in [3.8, 4) is 0 Å². The molecule has 4 heteroatoms. The molecule has 0 amide bonds. The summed E-state index contributed by atoms with van der Waals surface area (Å²) in [6.07, 6.45) is -0.503. The minimum Gasteiger partial charge on any atom is -0.390 e. The quantitative estimate of drug-likeness (QED) is 0.574. The van der Waals surface area contributed by atoms with Crippen LogP contribution in [0.25, 0.3) is 0 Å². The van der Waals surface area contributed by atoms with E-state index in [2.05, 4.69) is 0 Å². The van der Waals surface area contributed by atoms with E-state index in [1.165, 1.54) is 0 Å². The zero-order chi connectivity index (χ0) is 9.19. The highest BCUT2D eigenvalue weighted by Crippen LogP contribution is 2.19. The highest BCUT2D eigenvalue weighted by atomic mass is 16.7. The molecule has 0 aromatic heterocycles. The monoisotopic (exact) mass is 175 g/mol. The average Bonchev–Trinajstić information content (AvgIpc) is 2.13. The van der Waals surface area contributed by atoms with Gasteiger partial charge in [0.05, 0.1) is 19.3 Å². The lowest BCUT2D eigenvalue weighted by Crippen LogP contribution is -2.32. The Balaban J connectivity index is 2.53. The van der Waals surface area contributed by atoms with Gasteiger partial charge in [-0.25, -0.2) is 0 Å². The first-order valence-electron chi connectivity index (χ1n) is 4.21. The molecular weight excluding hydrogens is 158 g/mol. The van der Waals surface area contributed by atoms with Gasteiger partial charge in [0.15, 0.2) is 5.79 Å². The van der Waals surface area contributed by atoms with Gasteiger partial charge in [-0.1, -0.05) is 0 Å². The Morgan fingerprint density at radius 1 is 1.42 bits per heavy atom. The van der Waals surface area contributed by atoms with E-state index in [0.717, 1.165) is 0 Å². The van der Waals surface area contributed by atoms with Crippen LogP contribution in [-0.2, 0) is 9.47 Å². The summed E-state index contributed by atoms with van der Waals surface area (Å²) in [6.45, 7) is 4.86. The molecular formula is C8H17NO3. The number of aliphatic hydroxyl groups is 1. The molecule has 3 N–H and O–H groups in total. The van der Waals surface area contributed by atoms with Crippen molar-refractivity contribution in [2.24, 2.45) is 11.7 Å². The van der Waals surface area contributed by atoms with Crippen LogP contribution in [0.15, 0.2) is 0 Å². The van der Waals surface area contributed by atoms with Crippen molar-refractivity contribution < 1.29 is 14.6 Å². The molecule has 0 bridgehead atoms. The molecule has 0 unspecified atom stereocenters. The minimum atomic E-state index is -0.592. The Kier molecular flexibility index (Phi) is 3.06. The molecule has 0 radical (unpaired) electrons.